The highest BCUT2D eigenvalue weighted by atomic mass is 32.2. The van der Waals surface area contributed by atoms with E-state index in [9.17, 15) is 12.8 Å². The number of likely N-dealkylation sites (N-methyl/N-ethyl adjacent to an activating group) is 1. The molecule has 0 saturated heterocycles. The van der Waals surface area contributed by atoms with Crippen LogP contribution in [-0.4, -0.2) is 26.5 Å². The molecule has 5 nitrogen and oxygen atoms in total. The summed E-state index contributed by atoms with van der Waals surface area (Å²) in [6.45, 7) is 3.68. The monoisotopic (exact) mass is 329 g/mol. The van der Waals surface area contributed by atoms with Gasteiger partial charge in [0, 0.05) is 11.1 Å². The zero-order valence-electron chi connectivity index (χ0n) is 11.5. The Morgan fingerprint density at radius 3 is 2.86 bits per heavy atom. The van der Waals surface area contributed by atoms with Crippen LogP contribution in [0.4, 0.5) is 10.1 Å². The molecule has 0 atom stereocenters. The fourth-order valence-electron chi connectivity index (χ4n) is 1.68. The molecule has 0 amide bonds. The molecule has 0 aliphatic heterocycles. The van der Waals surface area contributed by atoms with E-state index in [0.29, 0.717) is 0 Å². The zero-order chi connectivity index (χ0) is 15.3. The first kappa shape index (κ1) is 15.9. The average Bonchev–Trinajstić information content (AvgIpc) is 2.91. The lowest BCUT2D eigenvalue weighted by molar-refractivity contribution is 0.599. The van der Waals surface area contributed by atoms with Gasteiger partial charge in [-0.3, -0.25) is 9.71 Å². The van der Waals surface area contributed by atoms with E-state index < -0.39 is 15.8 Å². The quantitative estimate of drug-likeness (QED) is 0.764. The highest BCUT2D eigenvalue weighted by Crippen LogP contribution is 2.25. The summed E-state index contributed by atoms with van der Waals surface area (Å²) in [6.07, 6.45) is 3.06. The molecule has 2 heterocycles. The van der Waals surface area contributed by atoms with Gasteiger partial charge in [0.2, 0.25) is 0 Å². The molecule has 0 bridgehead atoms. The van der Waals surface area contributed by atoms with Gasteiger partial charge in [-0.25, -0.2) is 12.8 Å². The number of hydrogen-bond acceptors (Lipinski definition) is 5. The second-order valence-electron chi connectivity index (χ2n) is 4.29. The molecular formula is C13H16FN3O2S2. The van der Waals surface area contributed by atoms with Gasteiger partial charge in [0.15, 0.2) is 5.82 Å². The van der Waals surface area contributed by atoms with Crippen LogP contribution in [0.2, 0.25) is 0 Å². The molecule has 21 heavy (non-hydrogen) atoms. The summed E-state index contributed by atoms with van der Waals surface area (Å²) < 4.78 is 40.2. The lowest BCUT2D eigenvalue weighted by Gasteiger charge is -2.06. The summed E-state index contributed by atoms with van der Waals surface area (Å²) in [6, 6.07) is 4.60. The summed E-state index contributed by atoms with van der Waals surface area (Å²) in [4.78, 5) is 4.54. The average molecular weight is 329 g/mol. The van der Waals surface area contributed by atoms with E-state index in [1.54, 1.807) is 6.07 Å². The zero-order valence-corrected chi connectivity index (χ0v) is 13.1. The van der Waals surface area contributed by atoms with Crippen molar-refractivity contribution in [2.75, 3.05) is 17.8 Å². The van der Waals surface area contributed by atoms with Gasteiger partial charge < -0.3 is 5.32 Å². The number of thiophene rings is 1. The molecule has 0 unspecified atom stereocenters. The number of halogens is 1. The minimum atomic E-state index is -3.77. The number of aromatic nitrogens is 1. The minimum absolute atomic E-state index is 0.104. The Balaban J connectivity index is 2.11. The SMILES string of the molecule is CCNCCc1ccc(S(=O)(=O)Nc2ccncc2F)s1. The van der Waals surface area contributed by atoms with E-state index in [4.69, 9.17) is 0 Å². The predicted octanol–water partition coefficient (Wildman–Crippen LogP) is 2.24. The number of nitrogens with one attached hydrogen (secondary N) is 2. The molecule has 0 aromatic carbocycles. The summed E-state index contributed by atoms with van der Waals surface area (Å²) in [7, 11) is -3.77. The smallest absolute Gasteiger partial charge is 0.271 e. The number of pyridine rings is 1. The Morgan fingerprint density at radius 2 is 2.14 bits per heavy atom. The number of sulfonamides is 1. The van der Waals surface area contributed by atoms with Crippen LogP contribution in [0.1, 0.15) is 11.8 Å². The second kappa shape index (κ2) is 6.97. The number of hydrogen-bond donors (Lipinski definition) is 2. The van der Waals surface area contributed by atoms with Crippen molar-refractivity contribution in [1.82, 2.24) is 10.3 Å². The second-order valence-corrected chi connectivity index (χ2v) is 7.36. The Morgan fingerprint density at radius 1 is 1.33 bits per heavy atom. The highest BCUT2D eigenvalue weighted by molar-refractivity contribution is 7.94. The largest absolute Gasteiger partial charge is 0.317 e. The molecule has 2 rings (SSSR count). The molecule has 0 saturated carbocycles. The van der Waals surface area contributed by atoms with E-state index in [2.05, 4.69) is 15.0 Å². The van der Waals surface area contributed by atoms with Crippen LogP contribution in [0.3, 0.4) is 0 Å². The van der Waals surface area contributed by atoms with Crippen molar-refractivity contribution in [3.63, 3.8) is 0 Å². The first-order valence-electron chi connectivity index (χ1n) is 6.44. The first-order chi connectivity index (χ1) is 10.0. The van der Waals surface area contributed by atoms with Gasteiger partial charge in [-0.15, -0.1) is 11.3 Å². The standard InChI is InChI=1S/C13H16FN3O2S2/c1-2-15-7-5-10-3-4-13(20-10)21(18,19)17-12-6-8-16-9-11(12)14/h3-4,6,8-9,15H,2,5,7H2,1H3,(H,16,17). The van der Waals surface area contributed by atoms with Gasteiger partial charge >= 0.3 is 0 Å². The van der Waals surface area contributed by atoms with Crippen molar-refractivity contribution in [1.29, 1.82) is 0 Å². The van der Waals surface area contributed by atoms with Crippen LogP contribution in [-0.2, 0) is 16.4 Å². The molecule has 2 aromatic heterocycles. The minimum Gasteiger partial charge on any atom is -0.317 e. The molecule has 0 aliphatic rings. The summed E-state index contributed by atoms with van der Waals surface area (Å²) >= 11 is 1.19. The lowest BCUT2D eigenvalue weighted by Crippen LogP contribution is -2.15. The summed E-state index contributed by atoms with van der Waals surface area (Å²) in [5.41, 5.74) is -0.104. The highest BCUT2D eigenvalue weighted by Gasteiger charge is 2.18. The maximum Gasteiger partial charge on any atom is 0.271 e. The summed E-state index contributed by atoms with van der Waals surface area (Å²) in [5, 5.41) is 3.18. The number of anilines is 1. The molecule has 0 radical (unpaired) electrons. The fourth-order valence-corrected chi connectivity index (χ4v) is 4.10. The fraction of sp³-hybridized carbons (Fsp3) is 0.308. The van der Waals surface area contributed by atoms with Gasteiger partial charge in [-0.1, -0.05) is 6.92 Å². The van der Waals surface area contributed by atoms with E-state index in [-0.39, 0.29) is 9.90 Å². The van der Waals surface area contributed by atoms with Crippen molar-refractivity contribution in [2.24, 2.45) is 0 Å². The maximum absolute atomic E-state index is 13.5. The Kier molecular flexibility index (Phi) is 5.27. The third-order valence-electron chi connectivity index (χ3n) is 2.72. The molecule has 0 fully saturated rings. The van der Waals surface area contributed by atoms with Crippen LogP contribution in [0, 0.1) is 5.82 Å². The first-order valence-corrected chi connectivity index (χ1v) is 8.74. The van der Waals surface area contributed by atoms with Crippen molar-refractivity contribution in [3.05, 3.63) is 41.3 Å². The number of rotatable bonds is 7. The van der Waals surface area contributed by atoms with Crippen LogP contribution < -0.4 is 10.0 Å². The molecule has 2 N–H and O–H groups in total. The van der Waals surface area contributed by atoms with Crippen molar-refractivity contribution in [3.8, 4) is 0 Å². The van der Waals surface area contributed by atoms with Gasteiger partial charge in [0.25, 0.3) is 10.0 Å². The normalized spacial score (nSPS) is 11.5. The third-order valence-corrected chi connectivity index (χ3v) is 5.72. The molecular weight excluding hydrogens is 313 g/mol. The van der Waals surface area contributed by atoms with E-state index in [1.165, 1.54) is 29.7 Å². The van der Waals surface area contributed by atoms with Gasteiger partial charge in [-0.05, 0) is 37.7 Å². The maximum atomic E-state index is 13.5. The van der Waals surface area contributed by atoms with Crippen LogP contribution in [0.15, 0.2) is 34.8 Å². The van der Waals surface area contributed by atoms with Gasteiger partial charge in [-0.2, -0.15) is 0 Å². The van der Waals surface area contributed by atoms with Crippen LogP contribution in [0.25, 0.3) is 0 Å². The Hall–Kier alpha value is -1.51. The van der Waals surface area contributed by atoms with E-state index in [0.717, 1.165) is 30.6 Å². The Labute approximate surface area is 127 Å². The Bertz CT molecular complexity index is 701. The third kappa shape index (κ3) is 4.23. The van der Waals surface area contributed by atoms with E-state index >= 15 is 0 Å². The topological polar surface area (TPSA) is 71.1 Å². The predicted molar refractivity (Wildman–Crippen MR) is 81.6 cm³/mol. The van der Waals surface area contributed by atoms with Gasteiger partial charge in [0.1, 0.15) is 4.21 Å². The molecule has 114 valence electrons. The number of nitrogens with zero attached hydrogens (tertiary/aromatic N) is 1. The lowest BCUT2D eigenvalue weighted by atomic mass is 10.3. The van der Waals surface area contributed by atoms with Crippen molar-refractivity contribution >= 4 is 27.0 Å². The van der Waals surface area contributed by atoms with Gasteiger partial charge in [0.05, 0.1) is 11.9 Å². The molecule has 8 heteroatoms. The molecule has 2 aromatic rings. The molecule has 0 aliphatic carbocycles. The van der Waals surface area contributed by atoms with Crippen LogP contribution >= 0.6 is 11.3 Å². The molecule has 0 spiro atoms. The van der Waals surface area contributed by atoms with E-state index in [1.807, 2.05) is 6.92 Å². The van der Waals surface area contributed by atoms with Crippen molar-refractivity contribution < 1.29 is 12.8 Å². The summed E-state index contributed by atoms with van der Waals surface area (Å²) in [5.74, 6) is -0.704. The van der Waals surface area contributed by atoms with Crippen LogP contribution in [0.5, 0.6) is 0 Å². The van der Waals surface area contributed by atoms with Crippen molar-refractivity contribution in [2.45, 2.75) is 17.6 Å².